The molecule has 0 radical (unpaired) electrons. The monoisotopic (exact) mass is 241 g/mol. The number of nitrogens with one attached hydrogen (secondary N) is 2. The summed E-state index contributed by atoms with van der Waals surface area (Å²) in [4.78, 5) is 12.9. The summed E-state index contributed by atoms with van der Waals surface area (Å²) in [6.45, 7) is 6.24. The third-order valence-corrected chi connectivity index (χ3v) is 3.92. The molecule has 17 heavy (non-hydrogen) atoms. The zero-order chi connectivity index (χ0) is 12.8. The van der Waals surface area contributed by atoms with Gasteiger partial charge in [-0.15, -0.1) is 0 Å². The second-order valence-electron chi connectivity index (χ2n) is 5.45. The van der Waals surface area contributed by atoms with Crippen LogP contribution < -0.4 is 10.6 Å². The van der Waals surface area contributed by atoms with Gasteiger partial charge in [0.1, 0.15) is 0 Å². The van der Waals surface area contributed by atoms with E-state index in [0.29, 0.717) is 12.6 Å². The third kappa shape index (κ3) is 4.54. The van der Waals surface area contributed by atoms with Gasteiger partial charge >= 0.3 is 6.03 Å². The molecule has 4 heteroatoms. The fourth-order valence-corrected chi connectivity index (χ4v) is 2.46. The molecule has 3 unspecified atom stereocenters. The van der Waals surface area contributed by atoms with Crippen LogP contribution in [0.15, 0.2) is 0 Å². The lowest BCUT2D eigenvalue weighted by Crippen LogP contribution is -2.45. The SMILES string of the molecule is CC1CCCC(NCCNC(=O)N(C)C)C1C. The van der Waals surface area contributed by atoms with Crippen molar-refractivity contribution in [3.63, 3.8) is 0 Å². The van der Waals surface area contributed by atoms with Crippen molar-refractivity contribution < 1.29 is 4.79 Å². The van der Waals surface area contributed by atoms with Crippen molar-refractivity contribution in [1.29, 1.82) is 0 Å². The van der Waals surface area contributed by atoms with Gasteiger partial charge in [0.2, 0.25) is 0 Å². The molecule has 1 fully saturated rings. The molecule has 1 aliphatic rings. The lowest BCUT2D eigenvalue weighted by molar-refractivity contribution is 0.204. The minimum Gasteiger partial charge on any atom is -0.337 e. The van der Waals surface area contributed by atoms with E-state index in [0.717, 1.165) is 18.4 Å². The molecule has 3 atom stereocenters. The fraction of sp³-hybridized carbons (Fsp3) is 0.923. The summed E-state index contributed by atoms with van der Waals surface area (Å²) in [6.07, 6.45) is 3.96. The highest BCUT2D eigenvalue weighted by molar-refractivity contribution is 5.73. The first-order chi connectivity index (χ1) is 8.02. The van der Waals surface area contributed by atoms with E-state index in [9.17, 15) is 4.79 Å². The van der Waals surface area contributed by atoms with Crippen molar-refractivity contribution in [2.75, 3.05) is 27.2 Å². The van der Waals surface area contributed by atoms with Crippen LogP contribution in [-0.4, -0.2) is 44.2 Å². The summed E-state index contributed by atoms with van der Waals surface area (Å²) in [7, 11) is 3.52. The van der Waals surface area contributed by atoms with Gasteiger partial charge in [0.05, 0.1) is 0 Å². The Labute approximate surface area is 105 Å². The predicted molar refractivity (Wildman–Crippen MR) is 71.1 cm³/mol. The van der Waals surface area contributed by atoms with Crippen LogP contribution >= 0.6 is 0 Å². The molecule has 100 valence electrons. The van der Waals surface area contributed by atoms with Gasteiger partial charge in [-0.1, -0.05) is 26.7 Å². The number of hydrogen-bond donors (Lipinski definition) is 2. The van der Waals surface area contributed by atoms with E-state index in [1.54, 1.807) is 19.0 Å². The zero-order valence-corrected chi connectivity index (χ0v) is 11.6. The second kappa shape index (κ2) is 6.84. The van der Waals surface area contributed by atoms with Crippen LogP contribution in [0.5, 0.6) is 0 Å². The van der Waals surface area contributed by atoms with Crippen molar-refractivity contribution in [2.24, 2.45) is 11.8 Å². The number of hydrogen-bond acceptors (Lipinski definition) is 2. The zero-order valence-electron chi connectivity index (χ0n) is 11.6. The summed E-state index contributed by atoms with van der Waals surface area (Å²) in [6, 6.07) is 0.604. The molecule has 0 saturated heterocycles. The highest BCUT2D eigenvalue weighted by Crippen LogP contribution is 2.29. The second-order valence-corrected chi connectivity index (χ2v) is 5.45. The van der Waals surface area contributed by atoms with E-state index in [4.69, 9.17) is 0 Å². The summed E-state index contributed by atoms with van der Waals surface area (Å²) < 4.78 is 0. The summed E-state index contributed by atoms with van der Waals surface area (Å²) >= 11 is 0. The Morgan fingerprint density at radius 3 is 2.59 bits per heavy atom. The number of nitrogens with zero attached hydrogens (tertiary/aromatic N) is 1. The number of carbonyl (C=O) groups is 1. The lowest BCUT2D eigenvalue weighted by atomic mass is 9.78. The van der Waals surface area contributed by atoms with Crippen molar-refractivity contribution in [1.82, 2.24) is 15.5 Å². The van der Waals surface area contributed by atoms with Crippen LogP contribution in [0.25, 0.3) is 0 Å². The number of rotatable bonds is 4. The normalized spacial score (nSPS) is 28.8. The van der Waals surface area contributed by atoms with E-state index in [1.807, 2.05) is 0 Å². The number of amides is 2. The lowest BCUT2D eigenvalue weighted by Gasteiger charge is -2.34. The molecule has 0 aromatic heterocycles. The van der Waals surface area contributed by atoms with Crippen LogP contribution in [0.3, 0.4) is 0 Å². The van der Waals surface area contributed by atoms with Crippen molar-refractivity contribution in [3.8, 4) is 0 Å². The maximum atomic E-state index is 11.3. The van der Waals surface area contributed by atoms with Gasteiger partial charge in [-0.3, -0.25) is 0 Å². The van der Waals surface area contributed by atoms with Crippen molar-refractivity contribution >= 4 is 6.03 Å². The Morgan fingerprint density at radius 2 is 1.94 bits per heavy atom. The molecule has 0 heterocycles. The number of carbonyl (C=O) groups excluding carboxylic acids is 1. The quantitative estimate of drug-likeness (QED) is 0.735. The molecule has 2 N–H and O–H groups in total. The minimum absolute atomic E-state index is 0.0168. The van der Waals surface area contributed by atoms with Gasteiger partial charge in [-0.2, -0.15) is 0 Å². The molecule has 0 aromatic carbocycles. The van der Waals surface area contributed by atoms with Crippen LogP contribution in [-0.2, 0) is 0 Å². The topological polar surface area (TPSA) is 44.4 Å². The fourth-order valence-electron chi connectivity index (χ4n) is 2.46. The van der Waals surface area contributed by atoms with E-state index in [1.165, 1.54) is 19.3 Å². The van der Waals surface area contributed by atoms with E-state index in [-0.39, 0.29) is 6.03 Å². The molecule has 1 rings (SSSR count). The first-order valence-corrected chi connectivity index (χ1v) is 6.71. The minimum atomic E-state index is -0.0168. The van der Waals surface area contributed by atoms with Gasteiger partial charge in [-0.25, -0.2) is 4.79 Å². The van der Waals surface area contributed by atoms with E-state index in [2.05, 4.69) is 24.5 Å². The Kier molecular flexibility index (Phi) is 5.75. The van der Waals surface area contributed by atoms with Crippen molar-refractivity contribution in [3.05, 3.63) is 0 Å². The van der Waals surface area contributed by atoms with Crippen LogP contribution in [0.2, 0.25) is 0 Å². The van der Waals surface area contributed by atoms with Gasteiger partial charge in [0.25, 0.3) is 0 Å². The summed E-state index contributed by atoms with van der Waals surface area (Å²) in [5.74, 6) is 1.56. The molecule has 0 spiro atoms. The average Bonchev–Trinajstić information content (AvgIpc) is 2.29. The van der Waals surface area contributed by atoms with Crippen LogP contribution in [0, 0.1) is 11.8 Å². The summed E-state index contributed by atoms with van der Waals surface area (Å²) in [5.41, 5.74) is 0. The highest BCUT2D eigenvalue weighted by atomic mass is 16.2. The predicted octanol–water partition coefficient (Wildman–Crippen LogP) is 1.67. The van der Waals surface area contributed by atoms with Gasteiger partial charge in [0.15, 0.2) is 0 Å². The number of urea groups is 1. The summed E-state index contributed by atoms with van der Waals surface area (Å²) in [5, 5.41) is 6.44. The smallest absolute Gasteiger partial charge is 0.316 e. The molecule has 0 aromatic rings. The average molecular weight is 241 g/mol. The Hall–Kier alpha value is -0.770. The Bertz CT molecular complexity index is 243. The molecular formula is C13H27N3O. The van der Waals surface area contributed by atoms with E-state index >= 15 is 0 Å². The highest BCUT2D eigenvalue weighted by Gasteiger charge is 2.26. The van der Waals surface area contributed by atoms with Gasteiger partial charge < -0.3 is 15.5 Å². The molecule has 1 aliphatic carbocycles. The Balaban J connectivity index is 2.16. The first-order valence-electron chi connectivity index (χ1n) is 6.71. The molecular weight excluding hydrogens is 214 g/mol. The van der Waals surface area contributed by atoms with Crippen LogP contribution in [0.1, 0.15) is 33.1 Å². The maximum absolute atomic E-state index is 11.3. The molecule has 4 nitrogen and oxygen atoms in total. The van der Waals surface area contributed by atoms with Gasteiger partial charge in [-0.05, 0) is 18.3 Å². The maximum Gasteiger partial charge on any atom is 0.316 e. The molecule has 0 bridgehead atoms. The van der Waals surface area contributed by atoms with Crippen molar-refractivity contribution in [2.45, 2.75) is 39.2 Å². The standard InChI is InChI=1S/C13H27N3O/c1-10-6-5-7-12(11(10)2)14-8-9-15-13(17)16(3)4/h10-12,14H,5-9H2,1-4H3,(H,15,17). The van der Waals surface area contributed by atoms with Crippen LogP contribution in [0.4, 0.5) is 4.79 Å². The first kappa shape index (κ1) is 14.3. The van der Waals surface area contributed by atoms with Gasteiger partial charge in [0, 0.05) is 33.2 Å². The Morgan fingerprint density at radius 1 is 1.24 bits per heavy atom. The molecule has 2 amide bonds. The molecule has 1 saturated carbocycles. The third-order valence-electron chi connectivity index (χ3n) is 3.92. The molecule has 0 aliphatic heterocycles. The van der Waals surface area contributed by atoms with E-state index < -0.39 is 0 Å². The largest absolute Gasteiger partial charge is 0.337 e.